The molecule has 0 atom stereocenters. The second kappa shape index (κ2) is 7.28. The summed E-state index contributed by atoms with van der Waals surface area (Å²) in [7, 11) is -0.539. The first kappa shape index (κ1) is 17.5. The number of nitrogens with one attached hydrogen (secondary N) is 1. The third-order valence-electron chi connectivity index (χ3n) is 4.20. The second-order valence-corrected chi connectivity index (χ2v) is 7.99. The summed E-state index contributed by atoms with van der Waals surface area (Å²) in [5.41, 5.74) is 1.70. The Labute approximate surface area is 149 Å². The lowest BCUT2D eigenvalue weighted by Gasteiger charge is -2.36. The molecule has 1 aromatic heterocycles. The molecule has 134 valence electrons. The van der Waals surface area contributed by atoms with E-state index in [0.717, 1.165) is 36.3 Å². The largest absolute Gasteiger partial charge is 0.368 e. The Balaban J connectivity index is 1.61. The lowest BCUT2D eigenvalue weighted by Crippen LogP contribution is -2.46. The first-order valence-corrected chi connectivity index (χ1v) is 9.61. The molecule has 1 aliphatic rings. The minimum Gasteiger partial charge on any atom is -0.368 e. The topological polar surface area (TPSA) is 68.8 Å². The number of piperazine rings is 1. The molecule has 2 heterocycles. The maximum Gasteiger partial charge on any atom is 0.301 e. The number of nitrogens with zero attached hydrogens (tertiary/aromatic N) is 4. The van der Waals surface area contributed by atoms with Crippen LogP contribution in [0, 0.1) is 0 Å². The molecule has 1 fully saturated rings. The van der Waals surface area contributed by atoms with Crippen LogP contribution in [0.25, 0.3) is 0 Å². The Kier molecular flexibility index (Phi) is 5.10. The maximum absolute atomic E-state index is 11.8. The van der Waals surface area contributed by atoms with Crippen molar-refractivity contribution in [2.45, 2.75) is 0 Å². The zero-order chi connectivity index (χ0) is 17.9. The van der Waals surface area contributed by atoms with Gasteiger partial charge in [-0.15, -0.1) is 0 Å². The molecule has 2 aromatic rings. The summed E-state index contributed by atoms with van der Waals surface area (Å²) in [6.45, 7) is 3.62. The summed E-state index contributed by atoms with van der Waals surface area (Å²) in [5, 5.41) is 0. The van der Waals surface area contributed by atoms with Crippen molar-refractivity contribution in [1.29, 1.82) is 0 Å². The molecule has 0 bridgehead atoms. The molecule has 8 heteroatoms. The molecule has 1 aliphatic heterocycles. The predicted molar refractivity (Wildman–Crippen MR) is 101 cm³/mol. The highest BCUT2D eigenvalue weighted by Crippen LogP contribution is 2.20. The summed E-state index contributed by atoms with van der Waals surface area (Å²) in [6.07, 6.45) is 1.56. The van der Waals surface area contributed by atoms with Gasteiger partial charge >= 0.3 is 10.2 Å². The Bertz CT molecular complexity index is 786. The fourth-order valence-electron chi connectivity index (χ4n) is 2.71. The van der Waals surface area contributed by atoms with Gasteiger partial charge in [0.15, 0.2) is 0 Å². The maximum atomic E-state index is 11.8. The molecule has 0 unspecified atom stereocenters. The zero-order valence-electron chi connectivity index (χ0n) is 14.5. The fraction of sp³-hybridized carbons (Fsp3) is 0.353. The van der Waals surface area contributed by atoms with Crippen molar-refractivity contribution in [3.05, 3.63) is 48.7 Å². The van der Waals surface area contributed by atoms with Gasteiger partial charge in [0.1, 0.15) is 5.82 Å². The second-order valence-electron chi connectivity index (χ2n) is 6.10. The van der Waals surface area contributed by atoms with Gasteiger partial charge < -0.3 is 9.80 Å². The van der Waals surface area contributed by atoms with E-state index in [9.17, 15) is 8.42 Å². The van der Waals surface area contributed by atoms with Crippen LogP contribution < -0.4 is 14.5 Å². The van der Waals surface area contributed by atoms with Crippen molar-refractivity contribution in [3.8, 4) is 0 Å². The molecule has 25 heavy (non-hydrogen) atoms. The van der Waals surface area contributed by atoms with Crippen LogP contribution in [0.3, 0.4) is 0 Å². The van der Waals surface area contributed by atoms with E-state index in [0.29, 0.717) is 5.69 Å². The first-order chi connectivity index (χ1) is 12.0. The van der Waals surface area contributed by atoms with Crippen molar-refractivity contribution >= 4 is 27.4 Å². The molecule has 1 aromatic carbocycles. The Morgan fingerprint density at radius 2 is 1.60 bits per heavy atom. The average molecular weight is 361 g/mol. The molecule has 0 spiro atoms. The van der Waals surface area contributed by atoms with Crippen molar-refractivity contribution in [1.82, 2.24) is 9.29 Å². The van der Waals surface area contributed by atoms with E-state index in [1.165, 1.54) is 19.8 Å². The Morgan fingerprint density at radius 1 is 0.960 bits per heavy atom. The number of hydrogen-bond donors (Lipinski definition) is 1. The number of aromatic nitrogens is 1. The summed E-state index contributed by atoms with van der Waals surface area (Å²) in [6, 6.07) is 14.0. The molecular weight excluding hydrogens is 338 g/mol. The molecule has 0 radical (unpaired) electrons. The lowest BCUT2D eigenvalue weighted by atomic mass is 10.2. The summed E-state index contributed by atoms with van der Waals surface area (Å²) in [5.74, 6) is 0.862. The quantitative estimate of drug-likeness (QED) is 0.877. The van der Waals surface area contributed by atoms with E-state index >= 15 is 0 Å². The molecule has 0 amide bonds. The van der Waals surface area contributed by atoms with E-state index in [1.807, 2.05) is 12.1 Å². The van der Waals surface area contributed by atoms with Crippen molar-refractivity contribution in [3.63, 3.8) is 0 Å². The number of benzene rings is 1. The molecule has 3 rings (SSSR count). The lowest BCUT2D eigenvalue weighted by molar-refractivity contribution is 0.527. The van der Waals surface area contributed by atoms with E-state index in [2.05, 4.69) is 43.8 Å². The Hall–Kier alpha value is -2.32. The molecule has 0 aliphatic carbocycles. The van der Waals surface area contributed by atoms with Crippen LogP contribution in [-0.4, -0.2) is 58.0 Å². The normalized spacial score (nSPS) is 15.5. The number of rotatable bonds is 5. The van der Waals surface area contributed by atoms with Gasteiger partial charge in [0.05, 0.1) is 11.9 Å². The minimum absolute atomic E-state index is 0.459. The Morgan fingerprint density at radius 3 is 2.16 bits per heavy atom. The number of hydrogen-bond acceptors (Lipinski definition) is 5. The highest BCUT2D eigenvalue weighted by molar-refractivity contribution is 7.90. The third kappa shape index (κ3) is 4.21. The van der Waals surface area contributed by atoms with E-state index in [1.54, 1.807) is 12.3 Å². The van der Waals surface area contributed by atoms with E-state index < -0.39 is 10.2 Å². The van der Waals surface area contributed by atoms with Gasteiger partial charge in [-0.05, 0) is 24.3 Å². The highest BCUT2D eigenvalue weighted by atomic mass is 32.2. The molecular formula is C17H23N5O2S. The van der Waals surface area contributed by atoms with Crippen molar-refractivity contribution in [2.24, 2.45) is 0 Å². The average Bonchev–Trinajstić information content (AvgIpc) is 2.63. The van der Waals surface area contributed by atoms with E-state index in [-0.39, 0.29) is 0 Å². The van der Waals surface area contributed by atoms with Crippen LogP contribution in [0.4, 0.5) is 17.2 Å². The summed E-state index contributed by atoms with van der Waals surface area (Å²) < 4.78 is 27.3. The predicted octanol–water partition coefficient (Wildman–Crippen LogP) is 1.63. The standard InChI is InChI=1S/C17H23N5O2S/c1-20(2)25(23,24)19-15-8-9-17(18-14-15)22-12-10-21(11-13-22)16-6-4-3-5-7-16/h3-9,14,19H,10-13H2,1-2H3. The minimum atomic E-state index is -3.50. The summed E-state index contributed by atoms with van der Waals surface area (Å²) >= 11 is 0. The van der Waals surface area contributed by atoms with Crippen molar-refractivity contribution in [2.75, 3.05) is 54.8 Å². The smallest absolute Gasteiger partial charge is 0.301 e. The van der Waals surface area contributed by atoms with Crippen LogP contribution in [0.2, 0.25) is 0 Å². The molecule has 7 nitrogen and oxygen atoms in total. The molecule has 0 saturated carbocycles. The van der Waals surface area contributed by atoms with Crippen LogP contribution in [-0.2, 0) is 10.2 Å². The van der Waals surface area contributed by atoms with Crippen LogP contribution >= 0.6 is 0 Å². The molecule has 1 saturated heterocycles. The number of pyridine rings is 1. The number of anilines is 3. The fourth-order valence-corrected chi connectivity index (χ4v) is 3.31. The molecule has 1 N–H and O–H groups in total. The van der Waals surface area contributed by atoms with Gasteiger partial charge in [0.25, 0.3) is 0 Å². The highest BCUT2D eigenvalue weighted by Gasteiger charge is 2.19. The SMILES string of the molecule is CN(C)S(=O)(=O)Nc1ccc(N2CCN(c3ccccc3)CC2)nc1. The van der Waals surface area contributed by atoms with E-state index in [4.69, 9.17) is 0 Å². The van der Waals surface area contributed by atoms with Crippen LogP contribution in [0.15, 0.2) is 48.7 Å². The van der Waals surface area contributed by atoms with Crippen LogP contribution in [0.5, 0.6) is 0 Å². The van der Waals surface area contributed by atoms with Gasteiger partial charge in [-0.3, -0.25) is 4.72 Å². The van der Waals surface area contributed by atoms with Gasteiger partial charge in [-0.1, -0.05) is 18.2 Å². The van der Waals surface area contributed by atoms with Crippen molar-refractivity contribution < 1.29 is 8.42 Å². The van der Waals surface area contributed by atoms with Gasteiger partial charge in [-0.2, -0.15) is 12.7 Å². The zero-order valence-corrected chi connectivity index (χ0v) is 15.3. The summed E-state index contributed by atoms with van der Waals surface area (Å²) in [4.78, 5) is 8.97. The first-order valence-electron chi connectivity index (χ1n) is 8.17. The number of para-hydroxylation sites is 1. The van der Waals surface area contributed by atoms with Crippen LogP contribution in [0.1, 0.15) is 0 Å². The van der Waals surface area contributed by atoms with Gasteiger partial charge in [0, 0.05) is 46.0 Å². The van der Waals surface area contributed by atoms with Gasteiger partial charge in [-0.25, -0.2) is 4.98 Å². The third-order valence-corrected chi connectivity index (χ3v) is 5.66. The van der Waals surface area contributed by atoms with Gasteiger partial charge in [0.2, 0.25) is 0 Å². The monoisotopic (exact) mass is 361 g/mol.